The quantitative estimate of drug-likeness (QED) is 0.334. The first kappa shape index (κ1) is 12.0. The Kier molecular flexibility index (Phi) is 4.58. The number of nitrogens with one attached hydrogen (secondary N) is 2. The van der Waals surface area contributed by atoms with Crippen LogP contribution in [0, 0.1) is 0 Å². The average molecular weight is 271 g/mol. The molecule has 5 heteroatoms. The Bertz CT molecular complexity index is 349. The second kappa shape index (κ2) is 5.72. The fourth-order valence-corrected chi connectivity index (χ4v) is 1.44. The molecule has 0 spiro atoms. The number of hydrogen-bond donors (Lipinski definition) is 3. The number of rotatable bonds is 2. The molecule has 1 aromatic carbocycles. The molecule has 0 radical (unpaired) electrons. The fourth-order valence-electron chi connectivity index (χ4n) is 1.05. The summed E-state index contributed by atoms with van der Waals surface area (Å²) in [6.07, 6.45) is 0. The highest BCUT2D eigenvalue weighted by molar-refractivity contribution is 9.10. The second-order valence-corrected chi connectivity index (χ2v) is 4.17. The van der Waals surface area contributed by atoms with Crippen molar-refractivity contribution in [3.05, 3.63) is 28.7 Å². The maximum atomic E-state index is 5.36. The Hall–Kier alpha value is -1.07. The molecular formula is C10H15BrN4. The van der Waals surface area contributed by atoms with E-state index in [0.29, 0.717) is 5.96 Å². The summed E-state index contributed by atoms with van der Waals surface area (Å²) in [7, 11) is 0. The molecule has 0 amide bonds. The molecule has 0 heterocycles. The summed E-state index contributed by atoms with van der Waals surface area (Å²) in [5, 5.41) is 3.10. The molecule has 4 N–H and O–H groups in total. The maximum Gasteiger partial charge on any atom is 0.210 e. The minimum Gasteiger partial charge on any atom is -0.324 e. The third-order valence-electron chi connectivity index (χ3n) is 1.65. The number of benzene rings is 1. The summed E-state index contributed by atoms with van der Waals surface area (Å²) in [6.45, 7) is 3.97. The first-order chi connectivity index (χ1) is 7.13. The Balaban J connectivity index is 2.80. The van der Waals surface area contributed by atoms with Gasteiger partial charge in [-0.2, -0.15) is 0 Å². The number of nitrogens with zero attached hydrogens (tertiary/aromatic N) is 1. The van der Waals surface area contributed by atoms with Gasteiger partial charge in [-0.1, -0.05) is 12.1 Å². The SMILES string of the molecule is CC(C)N=C(NN)Nc1ccccc1Br. The molecule has 4 nitrogen and oxygen atoms in total. The third-order valence-corrected chi connectivity index (χ3v) is 2.34. The van der Waals surface area contributed by atoms with Crippen molar-refractivity contribution in [3.8, 4) is 0 Å². The Morgan fingerprint density at radius 3 is 2.60 bits per heavy atom. The van der Waals surface area contributed by atoms with Crippen LogP contribution in [0.2, 0.25) is 0 Å². The highest BCUT2D eigenvalue weighted by Crippen LogP contribution is 2.20. The van der Waals surface area contributed by atoms with Gasteiger partial charge in [0.25, 0.3) is 0 Å². The van der Waals surface area contributed by atoms with Crippen molar-refractivity contribution in [3.63, 3.8) is 0 Å². The molecule has 0 saturated heterocycles. The number of nitrogens with two attached hydrogens (primary N) is 1. The van der Waals surface area contributed by atoms with E-state index in [2.05, 4.69) is 31.7 Å². The molecule has 0 bridgehead atoms. The Labute approximate surface area is 98.1 Å². The number of halogens is 1. The smallest absolute Gasteiger partial charge is 0.210 e. The van der Waals surface area contributed by atoms with Gasteiger partial charge in [0, 0.05) is 10.5 Å². The Morgan fingerprint density at radius 1 is 1.40 bits per heavy atom. The molecule has 0 fully saturated rings. The van der Waals surface area contributed by atoms with E-state index in [1.54, 1.807) is 0 Å². The van der Waals surface area contributed by atoms with E-state index in [0.717, 1.165) is 10.2 Å². The summed E-state index contributed by atoms with van der Waals surface area (Å²) < 4.78 is 0.969. The third kappa shape index (κ3) is 3.89. The van der Waals surface area contributed by atoms with Gasteiger partial charge in [-0.3, -0.25) is 5.43 Å². The number of anilines is 1. The molecule has 0 atom stereocenters. The highest BCUT2D eigenvalue weighted by Gasteiger charge is 2.01. The molecule has 0 aromatic heterocycles. The van der Waals surface area contributed by atoms with Crippen molar-refractivity contribution in [2.45, 2.75) is 19.9 Å². The molecule has 0 aliphatic heterocycles. The fraction of sp³-hybridized carbons (Fsp3) is 0.300. The number of aliphatic imine (C=N–C) groups is 1. The summed E-state index contributed by atoms with van der Waals surface area (Å²) in [6, 6.07) is 7.97. The summed E-state index contributed by atoms with van der Waals surface area (Å²) in [5.74, 6) is 5.91. The van der Waals surface area contributed by atoms with Gasteiger partial charge in [-0.25, -0.2) is 10.8 Å². The number of guanidine groups is 1. The zero-order chi connectivity index (χ0) is 11.3. The van der Waals surface area contributed by atoms with Crippen LogP contribution in [0.15, 0.2) is 33.7 Å². The summed E-state index contributed by atoms with van der Waals surface area (Å²) >= 11 is 3.43. The standard InChI is InChI=1S/C10H15BrN4/c1-7(2)13-10(15-12)14-9-6-4-3-5-8(9)11/h3-7H,12H2,1-2H3,(H2,13,14,15). The molecule has 1 aromatic rings. The lowest BCUT2D eigenvalue weighted by Gasteiger charge is -2.11. The van der Waals surface area contributed by atoms with Crippen molar-refractivity contribution in [1.29, 1.82) is 0 Å². The Morgan fingerprint density at radius 2 is 2.07 bits per heavy atom. The van der Waals surface area contributed by atoms with Crippen LogP contribution in [-0.4, -0.2) is 12.0 Å². The maximum absolute atomic E-state index is 5.36. The van der Waals surface area contributed by atoms with E-state index in [4.69, 9.17) is 5.84 Å². The number of hydrogen-bond acceptors (Lipinski definition) is 2. The van der Waals surface area contributed by atoms with Crippen molar-refractivity contribution in [2.24, 2.45) is 10.8 Å². The summed E-state index contributed by atoms with van der Waals surface area (Å²) in [4.78, 5) is 4.28. The van der Waals surface area contributed by atoms with E-state index in [9.17, 15) is 0 Å². The topological polar surface area (TPSA) is 62.4 Å². The van der Waals surface area contributed by atoms with Gasteiger partial charge in [-0.05, 0) is 41.9 Å². The average Bonchev–Trinajstić information content (AvgIpc) is 2.19. The van der Waals surface area contributed by atoms with Gasteiger partial charge in [0.15, 0.2) is 0 Å². The highest BCUT2D eigenvalue weighted by atomic mass is 79.9. The zero-order valence-corrected chi connectivity index (χ0v) is 10.4. The van der Waals surface area contributed by atoms with E-state index in [-0.39, 0.29) is 6.04 Å². The minimum absolute atomic E-state index is 0.186. The lowest BCUT2D eigenvalue weighted by molar-refractivity contribution is 0.819. The van der Waals surface area contributed by atoms with E-state index < -0.39 is 0 Å². The van der Waals surface area contributed by atoms with Crippen molar-refractivity contribution >= 4 is 27.6 Å². The molecule has 1 rings (SSSR count). The van der Waals surface area contributed by atoms with Crippen molar-refractivity contribution in [1.82, 2.24) is 5.43 Å². The first-order valence-electron chi connectivity index (χ1n) is 4.69. The lowest BCUT2D eigenvalue weighted by Crippen LogP contribution is -2.37. The molecular weight excluding hydrogens is 256 g/mol. The first-order valence-corrected chi connectivity index (χ1v) is 5.48. The van der Waals surface area contributed by atoms with Crippen LogP contribution in [0.4, 0.5) is 5.69 Å². The van der Waals surface area contributed by atoms with Crippen LogP contribution in [0.5, 0.6) is 0 Å². The lowest BCUT2D eigenvalue weighted by atomic mass is 10.3. The van der Waals surface area contributed by atoms with E-state index >= 15 is 0 Å². The van der Waals surface area contributed by atoms with Gasteiger partial charge in [-0.15, -0.1) is 0 Å². The molecule has 0 aliphatic rings. The van der Waals surface area contributed by atoms with Gasteiger partial charge >= 0.3 is 0 Å². The zero-order valence-electron chi connectivity index (χ0n) is 8.79. The van der Waals surface area contributed by atoms with Crippen LogP contribution < -0.4 is 16.6 Å². The van der Waals surface area contributed by atoms with Gasteiger partial charge in [0.2, 0.25) is 5.96 Å². The minimum atomic E-state index is 0.186. The van der Waals surface area contributed by atoms with Gasteiger partial charge in [0.05, 0.1) is 5.69 Å². The van der Waals surface area contributed by atoms with Crippen LogP contribution in [0.1, 0.15) is 13.8 Å². The normalized spacial score (nSPS) is 11.7. The molecule has 0 unspecified atom stereocenters. The number of para-hydroxylation sites is 1. The van der Waals surface area contributed by atoms with Crippen LogP contribution in [0.25, 0.3) is 0 Å². The molecule has 0 aliphatic carbocycles. The van der Waals surface area contributed by atoms with Crippen LogP contribution in [0.3, 0.4) is 0 Å². The van der Waals surface area contributed by atoms with Gasteiger partial charge in [0.1, 0.15) is 0 Å². The predicted octanol–water partition coefficient (Wildman–Crippen LogP) is 2.09. The van der Waals surface area contributed by atoms with Crippen LogP contribution >= 0.6 is 15.9 Å². The predicted molar refractivity (Wildman–Crippen MR) is 67.7 cm³/mol. The monoisotopic (exact) mass is 270 g/mol. The van der Waals surface area contributed by atoms with E-state index in [1.807, 2.05) is 38.1 Å². The van der Waals surface area contributed by atoms with Crippen LogP contribution in [-0.2, 0) is 0 Å². The molecule has 82 valence electrons. The number of hydrazine groups is 1. The largest absolute Gasteiger partial charge is 0.324 e. The van der Waals surface area contributed by atoms with Crippen molar-refractivity contribution < 1.29 is 0 Å². The second-order valence-electron chi connectivity index (χ2n) is 3.32. The van der Waals surface area contributed by atoms with Crippen molar-refractivity contribution in [2.75, 3.05) is 5.32 Å². The molecule has 15 heavy (non-hydrogen) atoms. The van der Waals surface area contributed by atoms with E-state index in [1.165, 1.54) is 0 Å². The summed E-state index contributed by atoms with van der Waals surface area (Å²) in [5.41, 5.74) is 3.45. The molecule has 0 saturated carbocycles. The van der Waals surface area contributed by atoms with Gasteiger partial charge < -0.3 is 5.32 Å².